The SMILES string of the molecule is CC(C)(C)OC(=O)NCCO.CC(C)(C)OC(=O)NCCOC(O)CCC(=O)O.CC(C)(C)OC(=O)NCCOC(O)CCC(=O)O.CCC(=O)CO[Si](C)(C)C(C)(C)C.CCC(O)CO[Si](C)(C)C(C)(C)C.CCC(O)CO[Si](C)(C)C(C)(C)C.CCCOC(=O)CCC(=O)OC(CC)CO[Si](C)(C)C(C)(C)C.O=C(CO)CO.O=C1CCC(=O)O1. The third kappa shape index (κ3) is 85.3. The fourth-order valence-corrected chi connectivity index (χ4v) is 10.4. The number of amides is 3. The molecule has 1 aliphatic heterocycles. The van der Waals surface area contributed by atoms with Crippen LogP contribution in [0.2, 0.25) is 72.5 Å². The summed E-state index contributed by atoms with van der Waals surface area (Å²) in [7, 11) is -6.84. The van der Waals surface area contributed by atoms with Crippen LogP contribution in [0.5, 0.6) is 0 Å². The van der Waals surface area contributed by atoms with Crippen LogP contribution in [0, 0.1) is 0 Å². The van der Waals surface area contributed by atoms with Crippen molar-refractivity contribution in [2.75, 3.05) is 85.7 Å². The number of carboxylic acids is 2. The molecule has 1 fully saturated rings. The van der Waals surface area contributed by atoms with Gasteiger partial charge in [-0.25, -0.2) is 14.4 Å². The number of cyclic esters (lactones) is 2. The van der Waals surface area contributed by atoms with Gasteiger partial charge in [0.2, 0.25) is 0 Å². The molecule has 0 aromatic carbocycles. The van der Waals surface area contributed by atoms with Gasteiger partial charge >= 0.3 is 54.1 Å². The maximum absolute atomic E-state index is 11.8. The normalized spacial score (nSPS) is 13.7. The van der Waals surface area contributed by atoms with Crippen molar-refractivity contribution in [3.05, 3.63) is 0 Å². The molecular formula is C83H171N3O32Si4. The number of rotatable bonds is 40. The van der Waals surface area contributed by atoms with Crippen LogP contribution in [0.4, 0.5) is 14.4 Å². The largest absolute Gasteiger partial charge is 0.481 e. The third-order valence-electron chi connectivity index (χ3n) is 18.1. The van der Waals surface area contributed by atoms with Crippen LogP contribution < -0.4 is 16.0 Å². The first-order valence-corrected chi connectivity index (χ1v) is 53.5. The first-order valence-electron chi connectivity index (χ1n) is 41.9. The van der Waals surface area contributed by atoms with E-state index in [0.29, 0.717) is 45.9 Å². The average molecular weight is 1840 g/mol. The fourth-order valence-electron chi connectivity index (χ4n) is 6.29. The standard InChI is InChI=1S/C17H34O5Si.2C11H21NO6.2C10H24O2Si.C10H22O2Si.C7H15NO3.C4H4O3.C3H6O3/c1-8-12-20-15(18)10-11-16(19)22-14(9-2)13-21-23(6,7)17(3,4)5;2*1-11(2,3)18-10(16)12-6-7-17-9(15)5-4-8(13)14;3*1-7-9(11)8-12-13(5,6)10(2,3)4;1-7(2,3)11-6(10)8-4-5-9;5-3-1-2-4(6)7-3;4-1-3(6)2-5/h14H,8-13H2,1-7H3;2*9,15H,4-7H2,1-3H3,(H,12,16)(H,13,14);2*9,11H,7-8H2,1-6H3;7-8H2,1-6H3;9H,4-5H2,1-3H3,(H,8,10);1-2H2;4-5H,1-2H2. The molecule has 726 valence electrons. The summed E-state index contributed by atoms with van der Waals surface area (Å²) >= 11 is 0. The van der Waals surface area contributed by atoms with Gasteiger partial charge in [0.1, 0.15) is 36.1 Å². The number of aliphatic hydroxyl groups is 7. The highest BCUT2D eigenvalue weighted by molar-refractivity contribution is 6.75. The minimum absolute atomic E-state index is 0.0156. The molecule has 122 heavy (non-hydrogen) atoms. The Balaban J connectivity index is -0.000000204. The van der Waals surface area contributed by atoms with Crippen LogP contribution in [-0.2, 0) is 94.0 Å². The number of ether oxygens (including phenoxy) is 8. The van der Waals surface area contributed by atoms with Gasteiger partial charge in [-0.3, -0.25) is 38.4 Å². The molecule has 0 aromatic rings. The number of carbonyl (C=O) groups excluding carboxylic acids is 9. The molecule has 0 bridgehead atoms. The van der Waals surface area contributed by atoms with Crippen molar-refractivity contribution in [2.24, 2.45) is 0 Å². The summed E-state index contributed by atoms with van der Waals surface area (Å²) in [5.74, 6) is -3.86. The molecule has 1 heterocycles. The Morgan fingerprint density at radius 1 is 0.418 bits per heavy atom. The number of carboxylic acid groups (broad SMARTS) is 2. The van der Waals surface area contributed by atoms with Gasteiger partial charge in [0.25, 0.3) is 0 Å². The van der Waals surface area contributed by atoms with Gasteiger partial charge in [0, 0.05) is 38.9 Å². The first kappa shape index (κ1) is 132. The minimum Gasteiger partial charge on any atom is -0.481 e. The summed E-state index contributed by atoms with van der Waals surface area (Å²) in [4.78, 5) is 118. The van der Waals surface area contributed by atoms with E-state index in [1.807, 2.05) is 34.6 Å². The Morgan fingerprint density at radius 3 is 0.975 bits per heavy atom. The van der Waals surface area contributed by atoms with E-state index in [1.54, 1.807) is 62.3 Å². The highest BCUT2D eigenvalue weighted by Crippen LogP contribution is 2.39. The van der Waals surface area contributed by atoms with Crippen molar-refractivity contribution >= 4 is 98.9 Å². The maximum atomic E-state index is 11.8. The zero-order valence-corrected chi connectivity index (χ0v) is 85.2. The van der Waals surface area contributed by atoms with Crippen LogP contribution in [0.3, 0.4) is 0 Å². The fraction of sp³-hybridized carbons (Fsp3) is 0.867. The summed E-state index contributed by atoms with van der Waals surface area (Å²) < 4.78 is 62.6. The van der Waals surface area contributed by atoms with E-state index in [9.17, 15) is 73.2 Å². The summed E-state index contributed by atoms with van der Waals surface area (Å²) in [5, 5.41) is 86.0. The van der Waals surface area contributed by atoms with Crippen molar-refractivity contribution in [1.29, 1.82) is 0 Å². The van der Waals surface area contributed by atoms with Crippen LogP contribution in [0.25, 0.3) is 0 Å². The highest BCUT2D eigenvalue weighted by atomic mass is 28.4. The second kappa shape index (κ2) is 67.8. The molecular weight excluding hydrogens is 1660 g/mol. The summed E-state index contributed by atoms with van der Waals surface area (Å²) in [6.07, 6.45) is -0.810. The topological polar surface area (TPSA) is 517 Å². The second-order valence-corrected chi connectivity index (χ2v) is 56.5. The molecule has 0 saturated carbocycles. The van der Waals surface area contributed by atoms with Crippen molar-refractivity contribution in [2.45, 2.75) is 384 Å². The Hall–Kier alpha value is -5.48. The van der Waals surface area contributed by atoms with E-state index in [4.69, 9.17) is 76.4 Å². The number of aliphatic carboxylic acids is 2. The highest BCUT2D eigenvalue weighted by Gasteiger charge is 2.41. The van der Waals surface area contributed by atoms with Gasteiger partial charge in [-0.05, 0) is 161 Å². The molecule has 0 aliphatic carbocycles. The quantitative estimate of drug-likeness (QED) is 0.00677. The summed E-state index contributed by atoms with van der Waals surface area (Å²) in [6.45, 7) is 71.0. The lowest BCUT2D eigenvalue weighted by molar-refractivity contribution is -0.155. The third-order valence-corrected chi connectivity index (χ3v) is 36.1. The van der Waals surface area contributed by atoms with E-state index in [-0.39, 0.29) is 147 Å². The lowest BCUT2D eigenvalue weighted by Gasteiger charge is -2.37. The first-order chi connectivity index (χ1) is 55.1. The van der Waals surface area contributed by atoms with Gasteiger partial charge in [-0.2, -0.15) is 0 Å². The van der Waals surface area contributed by atoms with Gasteiger partial charge in [0.05, 0.1) is 104 Å². The molecule has 0 spiro atoms. The van der Waals surface area contributed by atoms with Crippen molar-refractivity contribution < 1.29 is 154 Å². The Kier molecular flexibility index (Phi) is 73.3. The number of nitrogens with one attached hydrogen (secondary N) is 3. The summed E-state index contributed by atoms with van der Waals surface area (Å²) in [6, 6.07) is 0. The molecule has 12 N–H and O–H groups in total. The second-order valence-electron chi connectivity index (χ2n) is 37.2. The van der Waals surface area contributed by atoms with E-state index >= 15 is 0 Å². The van der Waals surface area contributed by atoms with Crippen molar-refractivity contribution in [1.82, 2.24) is 16.0 Å². The van der Waals surface area contributed by atoms with Gasteiger partial charge < -0.3 is 118 Å². The number of hydrogen-bond donors (Lipinski definition) is 12. The van der Waals surface area contributed by atoms with E-state index in [1.165, 1.54) is 0 Å². The van der Waals surface area contributed by atoms with Crippen LogP contribution in [0.1, 0.15) is 263 Å². The van der Waals surface area contributed by atoms with Gasteiger partial charge in [-0.1, -0.05) is 118 Å². The number of aliphatic hydroxyl groups excluding tert-OH is 7. The molecule has 5 unspecified atom stereocenters. The molecule has 0 aromatic heterocycles. The predicted octanol–water partition coefficient (Wildman–Crippen LogP) is 12.9. The Morgan fingerprint density at radius 2 is 0.730 bits per heavy atom. The van der Waals surface area contributed by atoms with Crippen molar-refractivity contribution in [3.8, 4) is 0 Å². The smallest absolute Gasteiger partial charge is 0.407 e. The zero-order valence-electron chi connectivity index (χ0n) is 81.2. The molecule has 39 heteroatoms. The lowest BCUT2D eigenvalue weighted by atomic mass is 10.2. The van der Waals surface area contributed by atoms with E-state index in [0.717, 1.165) is 19.3 Å². The van der Waals surface area contributed by atoms with Crippen LogP contribution in [-0.4, -0.2) is 278 Å². The molecule has 1 saturated heterocycles. The predicted molar refractivity (Wildman–Crippen MR) is 478 cm³/mol. The monoisotopic (exact) mass is 1830 g/mol. The summed E-state index contributed by atoms with van der Waals surface area (Å²) in [5.41, 5.74) is -1.60. The average Bonchev–Trinajstić information content (AvgIpc) is 1.02. The number of alkyl carbamates (subject to hydrolysis) is 3. The molecule has 1 rings (SSSR count). The van der Waals surface area contributed by atoms with Gasteiger partial charge in [0.15, 0.2) is 57.4 Å². The zero-order chi connectivity index (χ0) is 97.7. The lowest BCUT2D eigenvalue weighted by Crippen LogP contribution is -2.43. The number of Topliss-reactive ketones (excluding diaryl/α,β-unsaturated/α-hetero) is 2. The van der Waals surface area contributed by atoms with Crippen LogP contribution in [0.15, 0.2) is 0 Å². The molecule has 5 atom stereocenters. The Bertz CT molecular complexity index is 2750. The van der Waals surface area contributed by atoms with E-state index in [2.05, 4.69) is 156 Å². The van der Waals surface area contributed by atoms with Crippen LogP contribution >= 0.6 is 0 Å². The molecule has 1 aliphatic rings. The molecule has 3 amide bonds. The van der Waals surface area contributed by atoms with Gasteiger partial charge in [-0.15, -0.1) is 0 Å². The minimum atomic E-state index is -1.85. The Labute approximate surface area is 735 Å². The van der Waals surface area contributed by atoms with Crippen molar-refractivity contribution in [3.63, 3.8) is 0 Å². The number of esters is 4. The number of ketones is 2. The number of hydrogen-bond acceptors (Lipinski definition) is 30. The molecule has 35 nitrogen and oxygen atoms in total. The van der Waals surface area contributed by atoms with E-state index < -0.39 is 124 Å². The maximum Gasteiger partial charge on any atom is 0.407 e. The molecule has 0 radical (unpaired) electrons. The number of carbonyl (C=O) groups is 11.